The number of unbranched alkanes of at least 4 members (excludes halogenated alkanes) is 2. The van der Waals surface area contributed by atoms with Gasteiger partial charge < -0.3 is 10.4 Å². The maximum Gasteiger partial charge on any atom is 0.335 e. The summed E-state index contributed by atoms with van der Waals surface area (Å²) < 4.78 is 0. The van der Waals surface area contributed by atoms with Gasteiger partial charge in [-0.1, -0.05) is 12.1 Å². The molecule has 0 unspecified atom stereocenters. The van der Waals surface area contributed by atoms with Gasteiger partial charge in [0, 0.05) is 19.4 Å². The van der Waals surface area contributed by atoms with Crippen molar-refractivity contribution in [1.82, 2.24) is 5.32 Å². The van der Waals surface area contributed by atoms with Crippen molar-refractivity contribution in [2.24, 2.45) is 0 Å². The number of carboxylic acid groups (broad SMARTS) is 1. The van der Waals surface area contributed by atoms with E-state index in [1.807, 2.05) is 6.07 Å². The molecule has 0 radical (unpaired) electrons. The van der Waals surface area contributed by atoms with E-state index in [0.717, 1.165) is 18.4 Å². The fraction of sp³-hybridized carbons (Fsp3) is 0.375. The number of nitrogens with one attached hydrogen (secondary N) is 1. The summed E-state index contributed by atoms with van der Waals surface area (Å²) in [6.45, 7) is 0.511. The second kappa shape index (κ2) is 8.76. The Morgan fingerprint density at radius 2 is 2.10 bits per heavy atom. The number of carbonyl (C=O) groups excluding carboxylic acids is 1. The Morgan fingerprint density at radius 1 is 1.30 bits per heavy atom. The summed E-state index contributed by atoms with van der Waals surface area (Å²) in [4.78, 5) is 22.3. The zero-order valence-corrected chi connectivity index (χ0v) is 11.4. The van der Waals surface area contributed by atoms with Gasteiger partial charge in [-0.3, -0.25) is 4.79 Å². The van der Waals surface area contributed by atoms with Crippen LogP contribution in [0, 0.1) is 12.3 Å². The maximum absolute atomic E-state index is 11.5. The number of hydrogen-bond donors (Lipinski definition) is 2. The van der Waals surface area contributed by atoms with Gasteiger partial charge in [-0.05, 0) is 37.0 Å². The van der Waals surface area contributed by atoms with Crippen LogP contribution in [0.3, 0.4) is 0 Å². The van der Waals surface area contributed by atoms with Gasteiger partial charge in [-0.2, -0.15) is 0 Å². The maximum atomic E-state index is 11.5. The summed E-state index contributed by atoms with van der Waals surface area (Å²) in [6.07, 6.45) is 8.60. The fourth-order valence-electron chi connectivity index (χ4n) is 1.81. The summed E-state index contributed by atoms with van der Waals surface area (Å²) in [6, 6.07) is 6.74. The normalized spacial score (nSPS) is 9.75. The first-order valence-electron chi connectivity index (χ1n) is 6.66. The molecule has 4 heteroatoms. The number of rotatable bonds is 8. The number of amides is 1. The number of terminal acetylenes is 1. The molecule has 4 nitrogen and oxygen atoms in total. The molecular weight excluding hydrogens is 254 g/mol. The molecule has 0 aliphatic heterocycles. The summed E-state index contributed by atoms with van der Waals surface area (Å²) in [5.41, 5.74) is 1.17. The molecule has 0 spiro atoms. The molecule has 1 amide bonds. The van der Waals surface area contributed by atoms with Crippen molar-refractivity contribution in [2.75, 3.05) is 6.54 Å². The fourth-order valence-corrected chi connectivity index (χ4v) is 1.81. The molecule has 1 aromatic carbocycles. The van der Waals surface area contributed by atoms with Crippen molar-refractivity contribution >= 4 is 11.9 Å². The molecule has 1 aromatic rings. The summed E-state index contributed by atoms with van der Waals surface area (Å²) in [7, 11) is 0. The third-order valence-corrected chi connectivity index (χ3v) is 2.88. The third-order valence-electron chi connectivity index (χ3n) is 2.88. The van der Waals surface area contributed by atoms with Crippen LogP contribution in [0.15, 0.2) is 24.3 Å². The first kappa shape index (κ1) is 15.8. The molecule has 0 aliphatic rings. The van der Waals surface area contributed by atoms with E-state index < -0.39 is 5.97 Å². The van der Waals surface area contributed by atoms with Gasteiger partial charge in [0.25, 0.3) is 0 Å². The predicted molar refractivity (Wildman–Crippen MR) is 77.4 cm³/mol. The van der Waals surface area contributed by atoms with Crippen molar-refractivity contribution in [2.45, 2.75) is 32.1 Å². The first-order valence-corrected chi connectivity index (χ1v) is 6.66. The van der Waals surface area contributed by atoms with E-state index in [0.29, 0.717) is 25.8 Å². The van der Waals surface area contributed by atoms with Crippen LogP contribution in [-0.4, -0.2) is 23.5 Å². The second-order valence-corrected chi connectivity index (χ2v) is 4.52. The monoisotopic (exact) mass is 273 g/mol. The predicted octanol–water partition coefficient (Wildman–Crippen LogP) is 2.24. The molecule has 106 valence electrons. The lowest BCUT2D eigenvalue weighted by atomic mass is 10.1. The van der Waals surface area contributed by atoms with Crippen molar-refractivity contribution in [3.8, 4) is 12.3 Å². The minimum absolute atomic E-state index is 0.0106. The van der Waals surface area contributed by atoms with Crippen molar-refractivity contribution in [1.29, 1.82) is 0 Å². The van der Waals surface area contributed by atoms with Gasteiger partial charge in [-0.15, -0.1) is 12.3 Å². The number of aromatic carboxylic acids is 1. The topological polar surface area (TPSA) is 66.4 Å². The molecule has 0 fully saturated rings. The van der Waals surface area contributed by atoms with Crippen LogP contribution in [0.25, 0.3) is 0 Å². The molecule has 0 aliphatic carbocycles. The molecule has 0 bridgehead atoms. The van der Waals surface area contributed by atoms with E-state index in [1.54, 1.807) is 18.2 Å². The Kier molecular flexibility index (Phi) is 6.91. The molecule has 20 heavy (non-hydrogen) atoms. The highest BCUT2D eigenvalue weighted by Crippen LogP contribution is 2.06. The third kappa shape index (κ3) is 6.05. The number of carboxylic acids is 1. The van der Waals surface area contributed by atoms with Crippen molar-refractivity contribution in [3.63, 3.8) is 0 Å². The highest BCUT2D eigenvalue weighted by atomic mass is 16.4. The Morgan fingerprint density at radius 3 is 2.80 bits per heavy atom. The van der Waals surface area contributed by atoms with Gasteiger partial charge >= 0.3 is 5.97 Å². The SMILES string of the molecule is C#CCCCCC(=O)NCCc1cccc(C(=O)O)c1. The van der Waals surface area contributed by atoms with Gasteiger partial charge in [0.05, 0.1) is 5.56 Å². The summed E-state index contributed by atoms with van der Waals surface area (Å²) >= 11 is 0. The van der Waals surface area contributed by atoms with Crippen LogP contribution in [0.1, 0.15) is 41.6 Å². The smallest absolute Gasteiger partial charge is 0.335 e. The van der Waals surface area contributed by atoms with E-state index in [9.17, 15) is 9.59 Å². The minimum Gasteiger partial charge on any atom is -0.478 e. The first-order chi connectivity index (χ1) is 9.63. The molecule has 0 heterocycles. The molecule has 0 atom stereocenters. The quantitative estimate of drug-likeness (QED) is 0.564. The van der Waals surface area contributed by atoms with E-state index in [-0.39, 0.29) is 11.5 Å². The number of carbonyl (C=O) groups is 2. The van der Waals surface area contributed by atoms with E-state index in [4.69, 9.17) is 11.5 Å². The standard InChI is InChI=1S/C16H19NO3/c1-2-3-4-5-9-15(18)17-11-10-13-7-6-8-14(12-13)16(19)20/h1,6-8,12H,3-5,9-11H2,(H,17,18)(H,19,20). The average molecular weight is 273 g/mol. The highest BCUT2D eigenvalue weighted by Gasteiger charge is 2.04. The molecule has 0 aromatic heterocycles. The van der Waals surface area contributed by atoms with Crippen molar-refractivity contribution < 1.29 is 14.7 Å². The minimum atomic E-state index is -0.940. The van der Waals surface area contributed by atoms with Crippen LogP contribution >= 0.6 is 0 Å². The Hall–Kier alpha value is -2.28. The van der Waals surface area contributed by atoms with Gasteiger partial charge in [0.2, 0.25) is 5.91 Å². The summed E-state index contributed by atoms with van der Waals surface area (Å²) in [5.74, 6) is 1.61. The van der Waals surface area contributed by atoms with Crippen LogP contribution in [0.4, 0.5) is 0 Å². The van der Waals surface area contributed by atoms with Gasteiger partial charge in [0.15, 0.2) is 0 Å². The van der Waals surface area contributed by atoms with E-state index in [1.165, 1.54) is 0 Å². The second-order valence-electron chi connectivity index (χ2n) is 4.52. The van der Waals surface area contributed by atoms with Crippen molar-refractivity contribution in [3.05, 3.63) is 35.4 Å². The molecule has 0 saturated heterocycles. The van der Waals surface area contributed by atoms with Gasteiger partial charge in [0.1, 0.15) is 0 Å². The zero-order chi connectivity index (χ0) is 14.8. The Labute approximate surface area is 119 Å². The highest BCUT2D eigenvalue weighted by molar-refractivity contribution is 5.87. The van der Waals surface area contributed by atoms with E-state index in [2.05, 4.69) is 11.2 Å². The molecule has 2 N–H and O–H groups in total. The zero-order valence-electron chi connectivity index (χ0n) is 11.4. The lowest BCUT2D eigenvalue weighted by Crippen LogP contribution is -2.25. The average Bonchev–Trinajstić information content (AvgIpc) is 2.44. The van der Waals surface area contributed by atoms with Crippen LogP contribution < -0.4 is 5.32 Å². The largest absolute Gasteiger partial charge is 0.478 e. The van der Waals surface area contributed by atoms with Crippen LogP contribution in [-0.2, 0) is 11.2 Å². The van der Waals surface area contributed by atoms with Gasteiger partial charge in [-0.25, -0.2) is 4.79 Å². The lowest BCUT2D eigenvalue weighted by Gasteiger charge is -2.05. The molecule has 0 saturated carbocycles. The Bertz CT molecular complexity index is 503. The Balaban J connectivity index is 2.27. The number of hydrogen-bond acceptors (Lipinski definition) is 2. The van der Waals surface area contributed by atoms with Crippen LogP contribution in [0.2, 0.25) is 0 Å². The van der Waals surface area contributed by atoms with E-state index >= 15 is 0 Å². The molecule has 1 rings (SSSR count). The number of benzene rings is 1. The van der Waals surface area contributed by atoms with Crippen LogP contribution in [0.5, 0.6) is 0 Å². The molecular formula is C16H19NO3. The lowest BCUT2D eigenvalue weighted by molar-refractivity contribution is -0.121. The summed E-state index contributed by atoms with van der Waals surface area (Å²) in [5, 5.41) is 11.7.